The first kappa shape index (κ1) is 12.8. The zero-order valence-corrected chi connectivity index (χ0v) is 12.0. The molecule has 1 aliphatic rings. The Kier molecular flexibility index (Phi) is 3.23. The Balaban J connectivity index is 2.18. The van der Waals surface area contributed by atoms with Crippen LogP contribution >= 0.6 is 0 Å². The Labute approximate surface area is 119 Å². The van der Waals surface area contributed by atoms with Gasteiger partial charge in [0.05, 0.1) is 14.2 Å². The summed E-state index contributed by atoms with van der Waals surface area (Å²) in [6.45, 7) is 2.17. The van der Waals surface area contributed by atoms with Crippen LogP contribution in [0.3, 0.4) is 0 Å². The molecule has 0 bridgehead atoms. The van der Waals surface area contributed by atoms with Crippen molar-refractivity contribution in [1.29, 1.82) is 0 Å². The monoisotopic (exact) mass is 266 g/mol. The van der Waals surface area contributed by atoms with Crippen molar-refractivity contribution in [3.05, 3.63) is 64.7 Å². The van der Waals surface area contributed by atoms with Gasteiger partial charge in [0.2, 0.25) is 0 Å². The van der Waals surface area contributed by atoms with Gasteiger partial charge in [0.25, 0.3) is 0 Å². The largest absolute Gasteiger partial charge is 0.497 e. The van der Waals surface area contributed by atoms with Crippen LogP contribution in [0, 0.1) is 0 Å². The van der Waals surface area contributed by atoms with Gasteiger partial charge in [-0.15, -0.1) is 0 Å². The highest BCUT2D eigenvalue weighted by molar-refractivity contribution is 5.73. The Hall–Kier alpha value is -2.22. The third-order valence-electron chi connectivity index (χ3n) is 3.86. The van der Waals surface area contributed by atoms with Gasteiger partial charge in [-0.1, -0.05) is 42.0 Å². The summed E-state index contributed by atoms with van der Waals surface area (Å²) in [6, 6.07) is 14.6. The average Bonchev–Trinajstić information content (AvgIpc) is 2.82. The van der Waals surface area contributed by atoms with Crippen LogP contribution in [0.1, 0.15) is 29.5 Å². The Morgan fingerprint density at radius 3 is 2.35 bits per heavy atom. The van der Waals surface area contributed by atoms with Crippen molar-refractivity contribution in [2.45, 2.75) is 12.8 Å². The predicted octanol–water partition coefficient (Wildman–Crippen LogP) is 4.25. The Morgan fingerprint density at radius 2 is 1.70 bits per heavy atom. The lowest BCUT2D eigenvalue weighted by Gasteiger charge is -2.18. The highest BCUT2D eigenvalue weighted by atomic mass is 16.5. The van der Waals surface area contributed by atoms with Crippen LogP contribution < -0.4 is 9.47 Å². The van der Waals surface area contributed by atoms with Crippen LogP contribution in [0.5, 0.6) is 11.5 Å². The van der Waals surface area contributed by atoms with Crippen LogP contribution in [0.4, 0.5) is 0 Å². The summed E-state index contributed by atoms with van der Waals surface area (Å²) >= 11 is 0. The van der Waals surface area contributed by atoms with Crippen LogP contribution in [0.15, 0.2) is 48.0 Å². The van der Waals surface area contributed by atoms with E-state index in [0.717, 1.165) is 11.5 Å². The van der Waals surface area contributed by atoms with Crippen LogP contribution in [-0.4, -0.2) is 14.2 Å². The fourth-order valence-electron chi connectivity index (χ4n) is 2.97. The Bertz CT molecular complexity index is 657. The molecule has 102 valence electrons. The molecule has 3 rings (SSSR count). The van der Waals surface area contributed by atoms with Gasteiger partial charge in [-0.3, -0.25) is 0 Å². The van der Waals surface area contributed by atoms with E-state index < -0.39 is 0 Å². The molecule has 2 aromatic carbocycles. The van der Waals surface area contributed by atoms with Crippen LogP contribution in [0.2, 0.25) is 0 Å². The van der Waals surface area contributed by atoms with Gasteiger partial charge in [-0.25, -0.2) is 0 Å². The fourth-order valence-corrected chi connectivity index (χ4v) is 2.97. The molecule has 0 saturated carbocycles. The molecule has 0 spiro atoms. The lowest BCUT2D eigenvalue weighted by atomic mass is 9.88. The molecular weight excluding hydrogens is 248 g/mol. The molecule has 0 N–H and O–H groups in total. The maximum Gasteiger partial charge on any atom is 0.127 e. The number of benzene rings is 2. The van der Waals surface area contributed by atoms with E-state index in [1.807, 2.05) is 12.1 Å². The molecule has 0 radical (unpaired) electrons. The lowest BCUT2D eigenvalue weighted by Crippen LogP contribution is -2.02. The van der Waals surface area contributed by atoms with Crippen molar-refractivity contribution < 1.29 is 9.47 Å². The number of fused-ring (bicyclic) bond motifs is 1. The predicted molar refractivity (Wildman–Crippen MR) is 81.5 cm³/mol. The van der Waals surface area contributed by atoms with Gasteiger partial charge in [-0.2, -0.15) is 0 Å². The summed E-state index contributed by atoms with van der Waals surface area (Å²) < 4.78 is 10.9. The van der Waals surface area contributed by atoms with Gasteiger partial charge in [0, 0.05) is 17.5 Å². The lowest BCUT2D eigenvalue weighted by molar-refractivity contribution is 0.391. The van der Waals surface area contributed by atoms with E-state index in [1.54, 1.807) is 14.2 Å². The van der Waals surface area contributed by atoms with E-state index in [-0.39, 0.29) is 5.92 Å². The first-order valence-corrected chi connectivity index (χ1v) is 6.73. The molecule has 1 unspecified atom stereocenters. The van der Waals surface area contributed by atoms with Crippen molar-refractivity contribution in [3.63, 3.8) is 0 Å². The minimum absolute atomic E-state index is 0.270. The minimum atomic E-state index is 0.270. The smallest absolute Gasteiger partial charge is 0.127 e. The minimum Gasteiger partial charge on any atom is -0.497 e. The van der Waals surface area contributed by atoms with E-state index in [9.17, 15) is 0 Å². The fraction of sp³-hybridized carbons (Fsp3) is 0.222. The second-order valence-corrected chi connectivity index (χ2v) is 5.06. The van der Waals surface area contributed by atoms with E-state index in [0.29, 0.717) is 0 Å². The second kappa shape index (κ2) is 5.04. The van der Waals surface area contributed by atoms with Gasteiger partial charge >= 0.3 is 0 Å². The number of ether oxygens (including phenoxy) is 2. The molecule has 2 aromatic rings. The van der Waals surface area contributed by atoms with E-state index in [1.165, 1.54) is 22.3 Å². The highest BCUT2D eigenvalue weighted by Crippen LogP contribution is 2.46. The molecule has 2 heteroatoms. The molecule has 0 aliphatic heterocycles. The quantitative estimate of drug-likeness (QED) is 0.826. The van der Waals surface area contributed by atoms with Crippen molar-refractivity contribution in [1.82, 2.24) is 0 Å². The van der Waals surface area contributed by atoms with Crippen LogP contribution in [0.25, 0.3) is 6.08 Å². The van der Waals surface area contributed by atoms with Crippen molar-refractivity contribution in [2.75, 3.05) is 14.2 Å². The topological polar surface area (TPSA) is 18.5 Å². The van der Waals surface area contributed by atoms with Crippen LogP contribution in [-0.2, 0) is 0 Å². The summed E-state index contributed by atoms with van der Waals surface area (Å²) in [7, 11) is 3.39. The number of allylic oxidation sites excluding steroid dienone is 1. The first-order valence-electron chi connectivity index (χ1n) is 6.73. The normalized spacial score (nSPS) is 16.6. The number of rotatable bonds is 3. The molecule has 2 nitrogen and oxygen atoms in total. The Morgan fingerprint density at radius 1 is 0.950 bits per heavy atom. The third-order valence-corrected chi connectivity index (χ3v) is 3.86. The van der Waals surface area contributed by atoms with Gasteiger partial charge in [0.15, 0.2) is 0 Å². The van der Waals surface area contributed by atoms with Crippen molar-refractivity contribution in [3.8, 4) is 11.5 Å². The van der Waals surface area contributed by atoms with Crippen molar-refractivity contribution in [2.24, 2.45) is 0 Å². The second-order valence-electron chi connectivity index (χ2n) is 5.06. The molecule has 20 heavy (non-hydrogen) atoms. The van der Waals surface area contributed by atoms with Gasteiger partial charge < -0.3 is 9.47 Å². The maximum atomic E-state index is 5.59. The average molecular weight is 266 g/mol. The zero-order valence-electron chi connectivity index (χ0n) is 12.0. The first-order chi connectivity index (χ1) is 9.74. The standard InChI is InChI=1S/C18H18O2/c1-12-9-14-10-15(19-2)11-16(20-3)18(14)17(12)13-7-5-4-6-8-13/h4-11,17H,1-3H3. The summed E-state index contributed by atoms with van der Waals surface area (Å²) in [5.74, 6) is 1.99. The molecule has 1 aliphatic carbocycles. The summed E-state index contributed by atoms with van der Waals surface area (Å²) in [5.41, 5.74) is 5.05. The van der Waals surface area contributed by atoms with Crippen molar-refractivity contribution >= 4 is 6.08 Å². The number of hydrogen-bond acceptors (Lipinski definition) is 2. The molecule has 0 amide bonds. The molecule has 0 saturated heterocycles. The third kappa shape index (κ3) is 1.97. The molecule has 0 fully saturated rings. The van der Waals surface area contributed by atoms with E-state index >= 15 is 0 Å². The SMILES string of the molecule is COc1cc2c(c(OC)c1)C(c1ccccc1)C(C)=C2. The summed E-state index contributed by atoms with van der Waals surface area (Å²) in [6.07, 6.45) is 2.22. The van der Waals surface area contributed by atoms with E-state index in [2.05, 4.69) is 43.3 Å². The van der Waals surface area contributed by atoms with E-state index in [4.69, 9.17) is 9.47 Å². The van der Waals surface area contributed by atoms with Gasteiger partial charge in [-0.05, 0) is 24.1 Å². The highest BCUT2D eigenvalue weighted by Gasteiger charge is 2.28. The molecule has 0 heterocycles. The maximum absolute atomic E-state index is 5.59. The summed E-state index contributed by atoms with van der Waals surface area (Å²) in [4.78, 5) is 0. The summed E-state index contributed by atoms with van der Waals surface area (Å²) in [5, 5.41) is 0. The van der Waals surface area contributed by atoms with Gasteiger partial charge in [0.1, 0.15) is 11.5 Å². The number of hydrogen-bond donors (Lipinski definition) is 0. The molecule has 0 aromatic heterocycles. The zero-order chi connectivity index (χ0) is 14.1. The molecule has 1 atom stereocenters. The number of methoxy groups -OCH3 is 2. The molecular formula is C18H18O2.